The van der Waals surface area contributed by atoms with Gasteiger partial charge in [-0.25, -0.2) is 4.90 Å². The van der Waals surface area contributed by atoms with Crippen LogP contribution in [0, 0.1) is 0 Å². The van der Waals surface area contributed by atoms with E-state index in [0.29, 0.717) is 10.7 Å². The Hall–Kier alpha value is -2.73. The van der Waals surface area contributed by atoms with Crippen LogP contribution in [0.5, 0.6) is 0 Å². The maximum Gasteiger partial charge on any atom is 0.266 e. The number of carbonyl (C=O) groups is 2. The third-order valence-electron chi connectivity index (χ3n) is 3.47. The number of imide groups is 1. The molecule has 2 aromatic carbocycles. The summed E-state index contributed by atoms with van der Waals surface area (Å²) in [5, 5.41) is 8.61. The van der Waals surface area contributed by atoms with Crippen molar-refractivity contribution in [1.29, 1.82) is 0 Å². The summed E-state index contributed by atoms with van der Waals surface area (Å²) >= 11 is 1.22. The zero-order valence-corrected chi connectivity index (χ0v) is 13.9. The van der Waals surface area contributed by atoms with Crippen LogP contribution in [0.4, 0.5) is 0 Å². The molecule has 0 unspecified atom stereocenters. The van der Waals surface area contributed by atoms with Gasteiger partial charge in [0.1, 0.15) is 0 Å². The smallest absolute Gasteiger partial charge is 0.266 e. The Bertz CT molecular complexity index is 817. The minimum atomic E-state index is -0.378. The van der Waals surface area contributed by atoms with Crippen molar-refractivity contribution in [2.75, 3.05) is 5.75 Å². The van der Waals surface area contributed by atoms with Crippen LogP contribution >= 0.6 is 11.8 Å². The molecule has 1 aliphatic heterocycles. The van der Waals surface area contributed by atoms with Gasteiger partial charge in [-0.05, 0) is 24.6 Å². The summed E-state index contributed by atoms with van der Waals surface area (Å²) in [4.78, 5) is 25.7. The lowest BCUT2D eigenvalue weighted by Gasteiger charge is -2.13. The highest BCUT2D eigenvalue weighted by Gasteiger charge is 2.34. The summed E-state index contributed by atoms with van der Waals surface area (Å²) in [6, 6.07) is 18.3. The van der Waals surface area contributed by atoms with Gasteiger partial charge in [0.15, 0.2) is 5.17 Å². The Balaban J connectivity index is 1.87. The maximum absolute atomic E-state index is 12.5. The van der Waals surface area contributed by atoms with E-state index in [9.17, 15) is 9.59 Å². The maximum atomic E-state index is 12.5. The molecule has 6 heteroatoms. The van der Waals surface area contributed by atoms with Crippen molar-refractivity contribution in [3.8, 4) is 0 Å². The minimum absolute atomic E-state index is 0.192. The summed E-state index contributed by atoms with van der Waals surface area (Å²) in [6.07, 6.45) is 0. The lowest BCUT2D eigenvalue weighted by atomic mass is 10.1. The Morgan fingerprint density at radius 1 is 1.00 bits per heavy atom. The molecule has 2 aromatic rings. The normalized spacial score (nSPS) is 16.7. The molecule has 1 heterocycles. The average Bonchev–Trinajstić information content (AvgIpc) is 3.01. The quantitative estimate of drug-likeness (QED) is 0.491. The van der Waals surface area contributed by atoms with Crippen molar-refractivity contribution >= 4 is 34.5 Å². The number of rotatable bonds is 3. The zero-order chi connectivity index (χ0) is 16.9. The number of amidine groups is 1. The Kier molecular flexibility index (Phi) is 4.86. The van der Waals surface area contributed by atoms with Crippen LogP contribution in [-0.4, -0.2) is 33.3 Å². The summed E-state index contributed by atoms with van der Waals surface area (Å²) in [6.45, 7) is 1.84. The van der Waals surface area contributed by atoms with E-state index in [2.05, 4.69) is 10.2 Å². The third-order valence-corrected chi connectivity index (χ3v) is 4.38. The first-order valence-electron chi connectivity index (χ1n) is 7.39. The van der Waals surface area contributed by atoms with E-state index in [1.54, 1.807) is 24.3 Å². The lowest BCUT2D eigenvalue weighted by molar-refractivity contribution is -0.122. The molecule has 3 rings (SSSR count). The first kappa shape index (κ1) is 16.1. The first-order valence-corrected chi connectivity index (χ1v) is 8.38. The molecule has 0 radical (unpaired) electrons. The highest BCUT2D eigenvalue weighted by atomic mass is 32.2. The number of amides is 2. The van der Waals surface area contributed by atoms with Gasteiger partial charge in [-0.15, -0.1) is 5.10 Å². The number of hydrogen-bond acceptors (Lipinski definition) is 5. The molecule has 0 spiro atoms. The fourth-order valence-corrected chi connectivity index (χ4v) is 2.99. The van der Waals surface area contributed by atoms with Crippen molar-refractivity contribution < 1.29 is 9.59 Å². The molecule has 0 saturated carbocycles. The van der Waals surface area contributed by atoms with Gasteiger partial charge in [0.2, 0.25) is 5.91 Å². The van der Waals surface area contributed by atoms with Crippen molar-refractivity contribution in [1.82, 2.24) is 4.90 Å². The fourth-order valence-electron chi connectivity index (χ4n) is 2.20. The van der Waals surface area contributed by atoms with E-state index < -0.39 is 0 Å². The van der Waals surface area contributed by atoms with E-state index in [-0.39, 0.29) is 17.6 Å². The van der Waals surface area contributed by atoms with E-state index in [1.165, 1.54) is 11.8 Å². The number of nitrogens with zero attached hydrogens (tertiary/aromatic N) is 3. The highest BCUT2D eigenvalue weighted by molar-refractivity contribution is 8.15. The first-order chi connectivity index (χ1) is 11.7. The predicted octanol–water partition coefficient (Wildman–Crippen LogP) is 3.18. The van der Waals surface area contributed by atoms with Crippen LogP contribution < -0.4 is 0 Å². The summed E-state index contributed by atoms with van der Waals surface area (Å²) in [7, 11) is 0. The van der Waals surface area contributed by atoms with Gasteiger partial charge in [0.05, 0.1) is 11.5 Å². The standard InChI is InChI=1S/C18H15N3O2S/c1-13(14-8-4-2-5-9-14)19-20-18-21(16(22)12-24-18)17(23)15-10-6-3-7-11-15/h2-11H,12H2,1H3/b19-13-,20-18+. The molecule has 0 bridgehead atoms. The molecule has 5 nitrogen and oxygen atoms in total. The van der Waals surface area contributed by atoms with Crippen LogP contribution in [0.3, 0.4) is 0 Å². The number of hydrogen-bond donors (Lipinski definition) is 0. The predicted molar refractivity (Wildman–Crippen MR) is 96.2 cm³/mol. The molecule has 1 fully saturated rings. The van der Waals surface area contributed by atoms with E-state index >= 15 is 0 Å². The van der Waals surface area contributed by atoms with Gasteiger partial charge in [0.25, 0.3) is 5.91 Å². The third kappa shape index (κ3) is 3.44. The largest absolute Gasteiger partial charge is 0.273 e. The van der Waals surface area contributed by atoms with Gasteiger partial charge in [-0.2, -0.15) is 5.10 Å². The number of carbonyl (C=O) groups excluding carboxylic acids is 2. The molecule has 120 valence electrons. The molecule has 2 amide bonds. The summed E-state index contributed by atoms with van der Waals surface area (Å²) in [5.41, 5.74) is 2.11. The van der Waals surface area contributed by atoms with Crippen LogP contribution in [0.2, 0.25) is 0 Å². The Morgan fingerprint density at radius 2 is 1.58 bits per heavy atom. The fraction of sp³-hybridized carbons (Fsp3) is 0.111. The molecular formula is C18H15N3O2S. The minimum Gasteiger partial charge on any atom is -0.273 e. The van der Waals surface area contributed by atoms with Gasteiger partial charge in [-0.1, -0.05) is 60.3 Å². The SMILES string of the molecule is C/C(=N/N=C1/SCC(=O)N1C(=O)c1ccccc1)c1ccccc1. The van der Waals surface area contributed by atoms with Gasteiger partial charge < -0.3 is 0 Å². The molecule has 0 aliphatic carbocycles. The van der Waals surface area contributed by atoms with Crippen LogP contribution in [-0.2, 0) is 4.79 Å². The molecule has 0 N–H and O–H groups in total. The van der Waals surface area contributed by atoms with Crippen molar-refractivity contribution in [2.45, 2.75) is 6.92 Å². The van der Waals surface area contributed by atoms with Gasteiger partial charge in [-0.3, -0.25) is 9.59 Å². The molecule has 24 heavy (non-hydrogen) atoms. The van der Waals surface area contributed by atoms with Crippen LogP contribution in [0.1, 0.15) is 22.8 Å². The van der Waals surface area contributed by atoms with Gasteiger partial charge in [0, 0.05) is 5.56 Å². The zero-order valence-electron chi connectivity index (χ0n) is 13.0. The molecular weight excluding hydrogens is 322 g/mol. The molecule has 1 aliphatic rings. The van der Waals surface area contributed by atoms with E-state index in [4.69, 9.17) is 0 Å². The van der Waals surface area contributed by atoms with Crippen molar-refractivity contribution in [3.63, 3.8) is 0 Å². The lowest BCUT2D eigenvalue weighted by Crippen LogP contribution is -2.35. The molecule has 1 saturated heterocycles. The Morgan fingerprint density at radius 3 is 2.21 bits per heavy atom. The Labute approximate surface area is 144 Å². The number of thioether (sulfide) groups is 1. The van der Waals surface area contributed by atoms with Crippen LogP contribution in [0.25, 0.3) is 0 Å². The summed E-state index contributed by atoms with van der Waals surface area (Å²) in [5.74, 6) is -0.464. The summed E-state index contributed by atoms with van der Waals surface area (Å²) < 4.78 is 0. The number of benzene rings is 2. The van der Waals surface area contributed by atoms with E-state index in [0.717, 1.165) is 16.2 Å². The second kappa shape index (κ2) is 7.23. The molecule has 0 aromatic heterocycles. The van der Waals surface area contributed by atoms with Crippen LogP contribution in [0.15, 0.2) is 70.9 Å². The molecule has 0 atom stereocenters. The van der Waals surface area contributed by atoms with Crippen molar-refractivity contribution in [2.24, 2.45) is 10.2 Å². The topological polar surface area (TPSA) is 62.1 Å². The van der Waals surface area contributed by atoms with Crippen molar-refractivity contribution in [3.05, 3.63) is 71.8 Å². The highest BCUT2D eigenvalue weighted by Crippen LogP contribution is 2.22. The van der Waals surface area contributed by atoms with Gasteiger partial charge >= 0.3 is 0 Å². The average molecular weight is 337 g/mol. The monoisotopic (exact) mass is 337 g/mol. The second-order valence-electron chi connectivity index (χ2n) is 5.12. The second-order valence-corrected chi connectivity index (χ2v) is 6.07. The van der Waals surface area contributed by atoms with E-state index in [1.807, 2.05) is 43.3 Å².